The van der Waals surface area contributed by atoms with E-state index < -0.39 is 0 Å². The smallest absolute Gasteiger partial charge is 0.0888 e. The van der Waals surface area contributed by atoms with Gasteiger partial charge in [-0.05, 0) is 23.7 Å². The van der Waals surface area contributed by atoms with Crippen LogP contribution in [0.2, 0.25) is 0 Å². The van der Waals surface area contributed by atoms with Crippen LogP contribution in [0.4, 0.5) is 0 Å². The van der Waals surface area contributed by atoms with Crippen molar-refractivity contribution < 1.29 is 0 Å². The van der Waals surface area contributed by atoms with E-state index in [4.69, 9.17) is 0 Å². The fourth-order valence-corrected chi connectivity index (χ4v) is 4.42. The van der Waals surface area contributed by atoms with Crippen molar-refractivity contribution in [3.63, 3.8) is 0 Å². The maximum absolute atomic E-state index is 4.69. The Morgan fingerprint density at radius 2 is 1.41 bits per heavy atom. The molecule has 1 fully saturated rings. The summed E-state index contributed by atoms with van der Waals surface area (Å²) in [7, 11) is 2.22. The molecule has 3 aromatic rings. The van der Waals surface area contributed by atoms with Crippen LogP contribution in [0.25, 0.3) is 0 Å². The number of likely N-dealkylation sites (N-methyl/N-ethyl adjacent to an activating group) is 1. The number of nitrogens with zero attached hydrogens (tertiary/aromatic N) is 4. The predicted molar refractivity (Wildman–Crippen MR) is 134 cm³/mol. The van der Waals surface area contributed by atoms with Crippen LogP contribution in [0, 0.1) is 0 Å². The van der Waals surface area contributed by atoms with Crippen molar-refractivity contribution in [2.45, 2.75) is 12.7 Å². The number of rotatable bonds is 10. The van der Waals surface area contributed by atoms with Crippen molar-refractivity contribution >= 4 is 6.21 Å². The molecule has 0 saturated carbocycles. The molecule has 4 nitrogen and oxygen atoms in total. The maximum atomic E-state index is 4.69. The van der Waals surface area contributed by atoms with Crippen molar-refractivity contribution in [1.82, 2.24) is 14.7 Å². The third-order valence-electron chi connectivity index (χ3n) is 6.08. The van der Waals surface area contributed by atoms with E-state index in [1.54, 1.807) is 0 Å². The van der Waals surface area contributed by atoms with Gasteiger partial charge in [0.1, 0.15) is 0 Å². The zero-order chi connectivity index (χ0) is 22.0. The molecule has 0 spiro atoms. The molecule has 1 aliphatic heterocycles. The summed E-state index contributed by atoms with van der Waals surface area (Å²) in [5.41, 5.74) is 3.91. The highest BCUT2D eigenvalue weighted by Crippen LogP contribution is 2.29. The number of hydrogen-bond donors (Lipinski definition) is 0. The van der Waals surface area contributed by atoms with E-state index in [9.17, 15) is 0 Å². The normalized spacial score (nSPS) is 17.5. The number of benzene rings is 3. The largest absolute Gasteiger partial charge is 0.301 e. The van der Waals surface area contributed by atoms with Gasteiger partial charge < -0.3 is 4.90 Å². The monoisotopic (exact) mass is 426 g/mol. The molecular weight excluding hydrogens is 392 g/mol. The van der Waals surface area contributed by atoms with Crippen LogP contribution < -0.4 is 0 Å². The molecule has 4 rings (SSSR count). The molecule has 3 aromatic carbocycles. The molecule has 0 amide bonds. The lowest BCUT2D eigenvalue weighted by molar-refractivity contribution is 0.127. The molecule has 166 valence electrons. The molecule has 1 aliphatic rings. The molecule has 0 aliphatic carbocycles. The SMILES string of the molecule is CN(CCN1CCN(CCN=Cc2ccccc2)C1c1ccccc1)Cc1ccccc1. The summed E-state index contributed by atoms with van der Waals surface area (Å²) in [6.07, 6.45) is 2.32. The van der Waals surface area contributed by atoms with Crippen LogP contribution in [0.1, 0.15) is 22.9 Å². The van der Waals surface area contributed by atoms with Crippen molar-refractivity contribution in [3.05, 3.63) is 108 Å². The van der Waals surface area contributed by atoms with Gasteiger partial charge in [0.2, 0.25) is 0 Å². The minimum absolute atomic E-state index is 0.327. The van der Waals surface area contributed by atoms with Gasteiger partial charge in [0, 0.05) is 45.5 Å². The predicted octanol–water partition coefficient (Wildman–Crippen LogP) is 4.55. The summed E-state index contributed by atoms with van der Waals surface area (Å²) in [6, 6.07) is 32.0. The summed E-state index contributed by atoms with van der Waals surface area (Å²) in [6.45, 7) is 7.08. The van der Waals surface area contributed by atoms with Crippen molar-refractivity contribution in [2.24, 2.45) is 4.99 Å². The van der Waals surface area contributed by atoms with Gasteiger partial charge in [-0.25, -0.2) is 0 Å². The van der Waals surface area contributed by atoms with Gasteiger partial charge in [-0.3, -0.25) is 14.8 Å². The van der Waals surface area contributed by atoms with Gasteiger partial charge in [0.05, 0.1) is 12.7 Å². The first-order chi connectivity index (χ1) is 15.8. The summed E-state index contributed by atoms with van der Waals surface area (Å²) >= 11 is 0. The van der Waals surface area contributed by atoms with Gasteiger partial charge in [0.15, 0.2) is 0 Å². The van der Waals surface area contributed by atoms with Gasteiger partial charge >= 0.3 is 0 Å². The summed E-state index contributed by atoms with van der Waals surface area (Å²) in [4.78, 5) is 12.3. The van der Waals surface area contributed by atoms with E-state index in [1.165, 1.54) is 11.1 Å². The third-order valence-corrected chi connectivity index (χ3v) is 6.08. The highest BCUT2D eigenvalue weighted by Gasteiger charge is 2.32. The molecule has 32 heavy (non-hydrogen) atoms. The summed E-state index contributed by atoms with van der Waals surface area (Å²) in [5.74, 6) is 0. The second-order valence-electron chi connectivity index (χ2n) is 8.53. The highest BCUT2D eigenvalue weighted by molar-refractivity contribution is 5.79. The fraction of sp³-hybridized carbons (Fsp3) is 0.321. The molecule has 0 aromatic heterocycles. The van der Waals surface area contributed by atoms with Crippen LogP contribution in [0.5, 0.6) is 0 Å². The van der Waals surface area contributed by atoms with Crippen LogP contribution in [0.15, 0.2) is 96.0 Å². The van der Waals surface area contributed by atoms with Crippen molar-refractivity contribution in [3.8, 4) is 0 Å². The molecule has 1 heterocycles. The number of aliphatic imine (C=N–C) groups is 1. The van der Waals surface area contributed by atoms with E-state index in [1.807, 2.05) is 12.3 Å². The lowest BCUT2D eigenvalue weighted by atomic mass is 10.1. The zero-order valence-electron chi connectivity index (χ0n) is 19.1. The summed E-state index contributed by atoms with van der Waals surface area (Å²) in [5, 5.41) is 0. The van der Waals surface area contributed by atoms with Crippen LogP contribution >= 0.6 is 0 Å². The molecule has 1 saturated heterocycles. The van der Waals surface area contributed by atoms with E-state index >= 15 is 0 Å². The van der Waals surface area contributed by atoms with Gasteiger partial charge in [-0.15, -0.1) is 0 Å². The van der Waals surface area contributed by atoms with E-state index in [-0.39, 0.29) is 0 Å². The Morgan fingerprint density at radius 1 is 0.812 bits per heavy atom. The summed E-state index contributed by atoms with van der Waals surface area (Å²) < 4.78 is 0. The number of hydrogen-bond acceptors (Lipinski definition) is 4. The highest BCUT2D eigenvalue weighted by atomic mass is 15.4. The molecule has 1 unspecified atom stereocenters. The van der Waals surface area contributed by atoms with Crippen molar-refractivity contribution in [1.29, 1.82) is 0 Å². The van der Waals surface area contributed by atoms with E-state index in [2.05, 4.69) is 112 Å². The topological polar surface area (TPSA) is 22.1 Å². The first kappa shape index (κ1) is 22.4. The Bertz CT molecular complexity index is 943. The van der Waals surface area contributed by atoms with E-state index in [0.717, 1.165) is 51.4 Å². The van der Waals surface area contributed by atoms with Crippen LogP contribution in [-0.2, 0) is 6.54 Å². The minimum atomic E-state index is 0.327. The molecule has 0 radical (unpaired) electrons. The van der Waals surface area contributed by atoms with Gasteiger partial charge in [0.25, 0.3) is 0 Å². The first-order valence-corrected chi connectivity index (χ1v) is 11.6. The Labute approximate surface area is 192 Å². The van der Waals surface area contributed by atoms with Crippen LogP contribution in [-0.4, -0.2) is 67.2 Å². The Morgan fingerprint density at radius 3 is 2.09 bits per heavy atom. The average molecular weight is 427 g/mol. The van der Waals surface area contributed by atoms with Gasteiger partial charge in [-0.2, -0.15) is 0 Å². The quantitative estimate of drug-likeness (QED) is 0.444. The standard InChI is InChI=1S/C28H34N4/c1-30(24-26-13-7-3-8-14-26)19-20-32-22-21-31(28(32)27-15-9-4-10-16-27)18-17-29-23-25-11-5-2-6-12-25/h2-16,23,28H,17-22,24H2,1H3. The lowest BCUT2D eigenvalue weighted by Crippen LogP contribution is -2.36. The second-order valence-corrected chi connectivity index (χ2v) is 8.53. The van der Waals surface area contributed by atoms with Crippen LogP contribution in [0.3, 0.4) is 0 Å². The molecule has 1 atom stereocenters. The second kappa shape index (κ2) is 11.7. The molecule has 4 heteroatoms. The molecule has 0 bridgehead atoms. The minimum Gasteiger partial charge on any atom is -0.301 e. The maximum Gasteiger partial charge on any atom is 0.0888 e. The Hall–Kier alpha value is -2.79. The molecular formula is C28H34N4. The van der Waals surface area contributed by atoms with Gasteiger partial charge in [-0.1, -0.05) is 91.0 Å². The lowest BCUT2D eigenvalue weighted by Gasteiger charge is -2.31. The van der Waals surface area contributed by atoms with Crippen molar-refractivity contribution in [2.75, 3.05) is 46.3 Å². The Balaban J connectivity index is 1.35. The zero-order valence-corrected chi connectivity index (χ0v) is 19.1. The fourth-order valence-electron chi connectivity index (χ4n) is 4.42. The van der Waals surface area contributed by atoms with E-state index in [0.29, 0.717) is 6.17 Å². The first-order valence-electron chi connectivity index (χ1n) is 11.6. The average Bonchev–Trinajstić information content (AvgIpc) is 3.25. The Kier molecular flexibility index (Phi) is 8.21. The third kappa shape index (κ3) is 6.36. The molecule has 0 N–H and O–H groups in total.